The molecule has 3 rings (SSSR count). The van der Waals surface area contributed by atoms with Crippen molar-refractivity contribution in [3.63, 3.8) is 0 Å². The van der Waals surface area contributed by atoms with Gasteiger partial charge in [0.15, 0.2) is 0 Å². The number of rotatable bonds is 5. The largest absolute Gasteiger partial charge is 0.349 e. The summed E-state index contributed by atoms with van der Waals surface area (Å²) in [7, 11) is 3.62. The Morgan fingerprint density at radius 2 is 2.12 bits per heavy atom. The first kappa shape index (κ1) is 18.4. The van der Waals surface area contributed by atoms with Crippen LogP contribution < -0.4 is 5.32 Å². The standard InChI is InChI=1S/C19H29N3O2S/c1-13-7-8-17(25-13)19(24)22-11-14-9-15(12-22)16(20-10-14)5-4-6-18(23)21(2)3/h7-8,14-16,20H,4-6,9-12H2,1-3H3. The van der Waals surface area contributed by atoms with Crippen molar-refractivity contribution >= 4 is 23.2 Å². The second kappa shape index (κ2) is 7.87. The van der Waals surface area contributed by atoms with Gasteiger partial charge in [-0.3, -0.25) is 9.59 Å². The molecule has 0 aliphatic carbocycles. The van der Waals surface area contributed by atoms with Crippen molar-refractivity contribution in [3.8, 4) is 0 Å². The van der Waals surface area contributed by atoms with E-state index in [0.717, 1.165) is 37.4 Å². The Morgan fingerprint density at radius 3 is 2.80 bits per heavy atom. The topological polar surface area (TPSA) is 52.7 Å². The molecular weight excluding hydrogens is 334 g/mol. The minimum Gasteiger partial charge on any atom is -0.349 e. The molecule has 3 atom stereocenters. The number of carbonyl (C=O) groups excluding carboxylic acids is 2. The summed E-state index contributed by atoms with van der Waals surface area (Å²) >= 11 is 1.59. The van der Waals surface area contributed by atoms with Crippen LogP contribution >= 0.6 is 11.3 Å². The molecule has 2 aliphatic heterocycles. The van der Waals surface area contributed by atoms with E-state index in [2.05, 4.69) is 10.2 Å². The molecule has 0 aromatic carbocycles. The van der Waals surface area contributed by atoms with Crippen molar-refractivity contribution in [1.82, 2.24) is 15.1 Å². The van der Waals surface area contributed by atoms with Gasteiger partial charge >= 0.3 is 0 Å². The van der Waals surface area contributed by atoms with E-state index in [1.54, 1.807) is 16.2 Å². The van der Waals surface area contributed by atoms with Gasteiger partial charge in [0.1, 0.15) is 0 Å². The molecule has 2 fully saturated rings. The third-order valence-electron chi connectivity index (χ3n) is 5.45. The molecule has 2 saturated heterocycles. The Bertz CT molecular complexity index is 628. The number of carbonyl (C=O) groups is 2. The van der Waals surface area contributed by atoms with E-state index in [-0.39, 0.29) is 11.8 Å². The molecular formula is C19H29N3O2S. The molecule has 1 aromatic heterocycles. The lowest BCUT2D eigenvalue weighted by Crippen LogP contribution is -2.57. The second-order valence-corrected chi connectivity index (χ2v) is 8.97. The zero-order chi connectivity index (χ0) is 18.0. The van der Waals surface area contributed by atoms with E-state index in [0.29, 0.717) is 24.3 Å². The van der Waals surface area contributed by atoms with Gasteiger partial charge in [-0.05, 0) is 56.7 Å². The molecule has 5 nitrogen and oxygen atoms in total. The zero-order valence-corrected chi connectivity index (χ0v) is 16.3. The maximum absolute atomic E-state index is 12.8. The number of fused-ring (bicyclic) bond motifs is 2. The molecule has 138 valence electrons. The van der Waals surface area contributed by atoms with Gasteiger partial charge in [0.2, 0.25) is 5.91 Å². The number of nitrogens with one attached hydrogen (secondary N) is 1. The molecule has 0 radical (unpaired) electrons. The molecule has 0 saturated carbocycles. The predicted molar refractivity (Wildman–Crippen MR) is 101 cm³/mol. The van der Waals surface area contributed by atoms with Crippen molar-refractivity contribution in [3.05, 3.63) is 21.9 Å². The van der Waals surface area contributed by atoms with Gasteiger partial charge in [0.05, 0.1) is 4.88 Å². The fraction of sp³-hybridized carbons (Fsp3) is 0.684. The molecule has 2 bridgehead atoms. The normalized spacial score (nSPS) is 25.7. The zero-order valence-electron chi connectivity index (χ0n) is 15.5. The first-order chi connectivity index (χ1) is 11.9. The number of hydrogen-bond donors (Lipinski definition) is 1. The van der Waals surface area contributed by atoms with Crippen molar-refractivity contribution < 1.29 is 9.59 Å². The van der Waals surface area contributed by atoms with E-state index in [9.17, 15) is 9.59 Å². The number of aryl methyl sites for hydroxylation is 1. The first-order valence-electron chi connectivity index (χ1n) is 9.23. The van der Waals surface area contributed by atoms with E-state index in [4.69, 9.17) is 0 Å². The minimum absolute atomic E-state index is 0.191. The average Bonchev–Trinajstić information content (AvgIpc) is 3.02. The lowest BCUT2D eigenvalue weighted by molar-refractivity contribution is -0.128. The van der Waals surface area contributed by atoms with Crippen LogP contribution in [0.2, 0.25) is 0 Å². The fourth-order valence-electron chi connectivity index (χ4n) is 4.08. The lowest BCUT2D eigenvalue weighted by Gasteiger charge is -2.46. The molecule has 2 aliphatic rings. The summed E-state index contributed by atoms with van der Waals surface area (Å²) in [6, 6.07) is 4.40. The highest BCUT2D eigenvalue weighted by molar-refractivity contribution is 7.13. The number of piperidine rings is 2. The van der Waals surface area contributed by atoms with Gasteiger partial charge in [0.25, 0.3) is 5.91 Å². The van der Waals surface area contributed by atoms with Gasteiger partial charge < -0.3 is 15.1 Å². The number of amides is 2. The highest BCUT2D eigenvalue weighted by Crippen LogP contribution is 2.31. The summed E-state index contributed by atoms with van der Waals surface area (Å²) in [4.78, 5) is 30.3. The van der Waals surface area contributed by atoms with Crippen molar-refractivity contribution in [2.75, 3.05) is 33.7 Å². The molecule has 6 heteroatoms. The van der Waals surface area contributed by atoms with E-state index >= 15 is 0 Å². The summed E-state index contributed by atoms with van der Waals surface area (Å²) in [6.07, 6.45) is 3.73. The van der Waals surface area contributed by atoms with Crippen LogP contribution in [0.15, 0.2) is 12.1 Å². The van der Waals surface area contributed by atoms with E-state index < -0.39 is 0 Å². The number of thiophene rings is 1. The molecule has 1 aromatic rings. The van der Waals surface area contributed by atoms with Crippen LogP contribution in [0.4, 0.5) is 0 Å². The smallest absolute Gasteiger partial charge is 0.263 e. The molecule has 3 heterocycles. The number of hydrogen-bond acceptors (Lipinski definition) is 4. The van der Waals surface area contributed by atoms with Gasteiger partial charge in [-0.1, -0.05) is 0 Å². The van der Waals surface area contributed by atoms with E-state index in [1.807, 2.05) is 33.2 Å². The summed E-state index contributed by atoms with van der Waals surface area (Å²) in [6.45, 7) is 4.73. The maximum Gasteiger partial charge on any atom is 0.263 e. The Kier molecular flexibility index (Phi) is 5.79. The third kappa shape index (κ3) is 4.42. The summed E-state index contributed by atoms with van der Waals surface area (Å²) in [5.74, 6) is 1.45. The molecule has 3 unspecified atom stereocenters. The SMILES string of the molecule is Cc1ccc(C(=O)N2CC3CNC(CCCC(=O)N(C)C)C(C3)C2)s1. The fourth-order valence-corrected chi connectivity index (χ4v) is 4.91. The Balaban J connectivity index is 1.56. The van der Waals surface area contributed by atoms with Crippen LogP contribution in [-0.4, -0.2) is 61.4 Å². The molecule has 1 N–H and O–H groups in total. The van der Waals surface area contributed by atoms with Crippen molar-refractivity contribution in [2.45, 2.75) is 38.6 Å². The van der Waals surface area contributed by atoms with Crippen LogP contribution in [0.1, 0.15) is 40.2 Å². The molecule has 2 amide bonds. The van der Waals surface area contributed by atoms with Gasteiger partial charge in [-0.2, -0.15) is 0 Å². The molecule has 0 spiro atoms. The second-order valence-electron chi connectivity index (χ2n) is 7.68. The van der Waals surface area contributed by atoms with Crippen molar-refractivity contribution in [1.29, 1.82) is 0 Å². The third-order valence-corrected chi connectivity index (χ3v) is 6.44. The Hall–Kier alpha value is -1.40. The number of nitrogens with zero attached hydrogens (tertiary/aromatic N) is 2. The first-order valence-corrected chi connectivity index (χ1v) is 10.0. The monoisotopic (exact) mass is 363 g/mol. The van der Waals surface area contributed by atoms with Crippen molar-refractivity contribution in [2.24, 2.45) is 11.8 Å². The number of likely N-dealkylation sites (tertiary alicyclic amines) is 1. The highest BCUT2D eigenvalue weighted by atomic mass is 32.1. The Labute approximate surface area is 154 Å². The predicted octanol–water partition coefficient (Wildman–Crippen LogP) is 2.37. The summed E-state index contributed by atoms with van der Waals surface area (Å²) < 4.78 is 0. The van der Waals surface area contributed by atoms with Crippen LogP contribution in [-0.2, 0) is 4.79 Å². The maximum atomic E-state index is 12.8. The highest BCUT2D eigenvalue weighted by Gasteiger charge is 2.38. The summed E-state index contributed by atoms with van der Waals surface area (Å²) in [5, 5.41) is 3.67. The Morgan fingerprint density at radius 1 is 1.32 bits per heavy atom. The van der Waals surface area contributed by atoms with Crippen LogP contribution in [0, 0.1) is 18.8 Å². The van der Waals surface area contributed by atoms with E-state index in [1.165, 1.54) is 11.3 Å². The molecule has 25 heavy (non-hydrogen) atoms. The van der Waals surface area contributed by atoms with Gasteiger partial charge in [0, 0.05) is 44.5 Å². The van der Waals surface area contributed by atoms with Crippen LogP contribution in [0.3, 0.4) is 0 Å². The lowest BCUT2D eigenvalue weighted by atomic mass is 9.79. The summed E-state index contributed by atoms with van der Waals surface area (Å²) in [5.41, 5.74) is 0. The minimum atomic E-state index is 0.191. The average molecular weight is 364 g/mol. The van der Waals surface area contributed by atoms with Crippen LogP contribution in [0.5, 0.6) is 0 Å². The quantitative estimate of drug-likeness (QED) is 0.874. The van der Waals surface area contributed by atoms with Gasteiger partial charge in [-0.25, -0.2) is 0 Å². The van der Waals surface area contributed by atoms with Gasteiger partial charge in [-0.15, -0.1) is 11.3 Å². The van der Waals surface area contributed by atoms with Crippen LogP contribution in [0.25, 0.3) is 0 Å².